The molecule has 3 rings (SSSR count). The van der Waals surface area contributed by atoms with Gasteiger partial charge in [-0.3, -0.25) is 9.59 Å². The highest BCUT2D eigenvalue weighted by Gasteiger charge is 2.28. The van der Waals surface area contributed by atoms with E-state index in [4.69, 9.17) is 23.2 Å². The molecule has 0 aliphatic heterocycles. The second-order valence-corrected chi connectivity index (χ2v) is 9.84. The van der Waals surface area contributed by atoms with Crippen LogP contribution >= 0.6 is 35.0 Å². The highest BCUT2D eigenvalue weighted by Crippen LogP contribution is 2.25. The van der Waals surface area contributed by atoms with Crippen molar-refractivity contribution in [3.63, 3.8) is 0 Å². The second kappa shape index (κ2) is 11.9. The van der Waals surface area contributed by atoms with Gasteiger partial charge in [0.2, 0.25) is 11.8 Å². The lowest BCUT2D eigenvalue weighted by Crippen LogP contribution is -2.50. The molecule has 0 aromatic heterocycles. The van der Waals surface area contributed by atoms with E-state index in [1.165, 1.54) is 22.7 Å². The molecule has 8 heteroatoms. The highest BCUT2D eigenvalue weighted by atomic mass is 35.5. The van der Waals surface area contributed by atoms with Gasteiger partial charge in [-0.25, -0.2) is 4.39 Å². The van der Waals surface area contributed by atoms with E-state index in [1.807, 2.05) is 0 Å². The molecule has 1 N–H and O–H groups in total. The van der Waals surface area contributed by atoms with E-state index in [0.717, 1.165) is 25.7 Å². The fourth-order valence-electron chi connectivity index (χ4n) is 3.75. The van der Waals surface area contributed by atoms with E-state index in [-0.39, 0.29) is 36.0 Å². The summed E-state index contributed by atoms with van der Waals surface area (Å²) in [6.07, 6.45) is 4.14. The lowest BCUT2D eigenvalue weighted by Gasteiger charge is -2.30. The molecule has 4 nitrogen and oxygen atoms in total. The number of thioether (sulfide) groups is 1. The number of rotatable bonds is 9. The van der Waals surface area contributed by atoms with Crippen LogP contribution in [0.1, 0.15) is 43.7 Å². The van der Waals surface area contributed by atoms with Crippen LogP contribution in [0.15, 0.2) is 42.5 Å². The summed E-state index contributed by atoms with van der Waals surface area (Å²) in [5, 5.41) is 4.02. The van der Waals surface area contributed by atoms with Gasteiger partial charge < -0.3 is 10.2 Å². The summed E-state index contributed by atoms with van der Waals surface area (Å²) in [4.78, 5) is 27.6. The topological polar surface area (TPSA) is 49.4 Å². The maximum absolute atomic E-state index is 13.9. The van der Waals surface area contributed by atoms with Gasteiger partial charge in [0.1, 0.15) is 11.9 Å². The van der Waals surface area contributed by atoms with Gasteiger partial charge in [-0.1, -0.05) is 60.3 Å². The number of benzene rings is 2. The van der Waals surface area contributed by atoms with E-state index >= 15 is 0 Å². The van der Waals surface area contributed by atoms with Crippen molar-refractivity contribution in [2.24, 2.45) is 0 Å². The lowest BCUT2D eigenvalue weighted by molar-refractivity contribution is -0.138. The molecule has 0 radical (unpaired) electrons. The highest BCUT2D eigenvalue weighted by molar-refractivity contribution is 7.99. The average molecular weight is 497 g/mol. The number of nitrogens with one attached hydrogen (secondary N) is 1. The van der Waals surface area contributed by atoms with E-state index in [9.17, 15) is 14.0 Å². The maximum Gasteiger partial charge on any atom is 0.242 e. The first kappa shape index (κ1) is 24.9. The second-order valence-electron chi connectivity index (χ2n) is 8.01. The van der Waals surface area contributed by atoms with E-state index < -0.39 is 6.04 Å². The molecule has 0 unspecified atom stereocenters. The van der Waals surface area contributed by atoms with Crippen molar-refractivity contribution < 1.29 is 14.0 Å². The molecule has 32 heavy (non-hydrogen) atoms. The monoisotopic (exact) mass is 496 g/mol. The average Bonchev–Trinajstić information content (AvgIpc) is 3.27. The smallest absolute Gasteiger partial charge is 0.242 e. The predicted octanol–water partition coefficient (Wildman–Crippen LogP) is 5.84. The SMILES string of the molecule is C[C@H](C(=O)NC1CCCC1)N(Cc1ccc(Cl)cc1Cl)C(=O)CSCc1ccccc1F. The number of carbonyl (C=O) groups excluding carboxylic acids is 2. The summed E-state index contributed by atoms with van der Waals surface area (Å²) in [5.41, 5.74) is 1.26. The number of nitrogens with zero attached hydrogens (tertiary/aromatic N) is 1. The Hall–Kier alpha value is -1.76. The number of carbonyl (C=O) groups is 2. The van der Waals surface area contributed by atoms with E-state index in [1.54, 1.807) is 43.3 Å². The van der Waals surface area contributed by atoms with Crippen LogP contribution in [0.5, 0.6) is 0 Å². The first-order valence-electron chi connectivity index (χ1n) is 10.7. The molecule has 2 aromatic rings. The van der Waals surface area contributed by atoms with Gasteiger partial charge in [0, 0.05) is 28.4 Å². The minimum Gasteiger partial charge on any atom is -0.352 e. The molecule has 1 aliphatic rings. The molecule has 0 spiro atoms. The summed E-state index contributed by atoms with van der Waals surface area (Å²) >= 11 is 13.7. The van der Waals surface area contributed by atoms with Crippen LogP contribution in [0, 0.1) is 5.82 Å². The molecule has 0 heterocycles. The van der Waals surface area contributed by atoms with Crippen LogP contribution < -0.4 is 5.32 Å². The Labute approximate surface area is 202 Å². The Morgan fingerprint density at radius 2 is 1.88 bits per heavy atom. The Bertz CT molecular complexity index is 953. The molecule has 2 amide bonds. The van der Waals surface area contributed by atoms with Crippen molar-refractivity contribution in [2.45, 2.75) is 57.0 Å². The van der Waals surface area contributed by atoms with Gasteiger partial charge in [0.05, 0.1) is 5.75 Å². The van der Waals surface area contributed by atoms with Crippen molar-refractivity contribution in [2.75, 3.05) is 5.75 Å². The standard InChI is InChI=1S/C24H27Cl2FN2O2S/c1-16(24(31)28-20-7-3-4-8-20)29(13-17-10-11-19(25)12-21(17)26)23(30)15-32-14-18-6-2-5-9-22(18)27/h2,5-6,9-12,16,20H,3-4,7-8,13-15H2,1H3,(H,28,31)/t16-/m1/s1. The predicted molar refractivity (Wildman–Crippen MR) is 129 cm³/mol. The number of halogens is 3. The lowest BCUT2D eigenvalue weighted by atomic mass is 10.1. The van der Waals surface area contributed by atoms with Crippen LogP contribution in [0.2, 0.25) is 10.0 Å². The number of hydrogen-bond donors (Lipinski definition) is 1. The molecule has 0 saturated heterocycles. The normalized spacial score (nSPS) is 14.9. The molecular weight excluding hydrogens is 470 g/mol. The van der Waals surface area contributed by atoms with Gasteiger partial charge in [0.25, 0.3) is 0 Å². The van der Waals surface area contributed by atoms with Crippen LogP contribution in [0.25, 0.3) is 0 Å². The molecule has 1 atom stereocenters. The van der Waals surface area contributed by atoms with Crippen LogP contribution in [-0.2, 0) is 21.9 Å². The van der Waals surface area contributed by atoms with Crippen molar-refractivity contribution in [3.8, 4) is 0 Å². The third kappa shape index (κ3) is 6.87. The first-order chi connectivity index (χ1) is 15.3. The molecule has 2 aromatic carbocycles. The third-order valence-electron chi connectivity index (χ3n) is 5.67. The summed E-state index contributed by atoms with van der Waals surface area (Å²) in [6.45, 7) is 1.92. The number of amides is 2. The fraction of sp³-hybridized carbons (Fsp3) is 0.417. The largest absolute Gasteiger partial charge is 0.352 e. The molecule has 1 fully saturated rings. The van der Waals surface area contributed by atoms with Crippen molar-refractivity contribution >= 4 is 46.8 Å². The summed E-state index contributed by atoms with van der Waals surface area (Å²) in [6, 6.07) is 11.1. The Morgan fingerprint density at radius 3 is 2.56 bits per heavy atom. The van der Waals surface area contributed by atoms with E-state index in [2.05, 4.69) is 5.32 Å². The van der Waals surface area contributed by atoms with Gasteiger partial charge in [-0.2, -0.15) is 0 Å². The summed E-state index contributed by atoms with van der Waals surface area (Å²) in [5.74, 6) is -0.167. The molecule has 1 aliphatic carbocycles. The van der Waals surface area contributed by atoms with Crippen LogP contribution in [-0.4, -0.2) is 34.6 Å². The van der Waals surface area contributed by atoms with Gasteiger partial charge in [0.15, 0.2) is 0 Å². The summed E-state index contributed by atoms with van der Waals surface area (Å²) in [7, 11) is 0. The molecule has 0 bridgehead atoms. The zero-order chi connectivity index (χ0) is 23.1. The zero-order valence-corrected chi connectivity index (χ0v) is 20.3. The Balaban J connectivity index is 1.70. The van der Waals surface area contributed by atoms with Crippen LogP contribution in [0.3, 0.4) is 0 Å². The van der Waals surface area contributed by atoms with Crippen molar-refractivity contribution in [1.29, 1.82) is 0 Å². The Kier molecular flexibility index (Phi) is 9.26. The zero-order valence-electron chi connectivity index (χ0n) is 18.0. The van der Waals surface area contributed by atoms with Crippen molar-refractivity contribution in [1.82, 2.24) is 10.2 Å². The first-order valence-corrected chi connectivity index (χ1v) is 12.6. The quantitative estimate of drug-likeness (QED) is 0.474. The third-order valence-corrected chi connectivity index (χ3v) is 7.22. The summed E-state index contributed by atoms with van der Waals surface area (Å²) < 4.78 is 13.9. The molecule has 172 valence electrons. The minimum atomic E-state index is -0.663. The molecular formula is C24H27Cl2FN2O2S. The van der Waals surface area contributed by atoms with Gasteiger partial charge in [-0.05, 0) is 49.1 Å². The van der Waals surface area contributed by atoms with Gasteiger partial charge >= 0.3 is 0 Å². The van der Waals surface area contributed by atoms with Gasteiger partial charge in [-0.15, -0.1) is 11.8 Å². The number of hydrogen-bond acceptors (Lipinski definition) is 3. The van der Waals surface area contributed by atoms with Crippen LogP contribution in [0.4, 0.5) is 4.39 Å². The Morgan fingerprint density at radius 1 is 1.16 bits per heavy atom. The minimum absolute atomic E-state index is 0.126. The van der Waals surface area contributed by atoms with E-state index in [0.29, 0.717) is 26.9 Å². The van der Waals surface area contributed by atoms with Crippen molar-refractivity contribution in [3.05, 3.63) is 69.5 Å². The fourth-order valence-corrected chi connectivity index (χ4v) is 5.12. The molecule has 1 saturated carbocycles. The maximum atomic E-state index is 13.9.